The zero-order valence-electron chi connectivity index (χ0n) is 35.4. The molecule has 0 rings (SSSR count). The van der Waals surface area contributed by atoms with Gasteiger partial charge in [0.05, 0.1) is 19.8 Å². The van der Waals surface area contributed by atoms with Crippen LogP contribution in [0.5, 0.6) is 0 Å². The van der Waals surface area contributed by atoms with E-state index < -0.39 is 51.8 Å². The number of aliphatic hydroxyl groups excluding tert-OH is 2. The molecule has 0 saturated carbocycles. The van der Waals surface area contributed by atoms with E-state index in [1.165, 1.54) is 122 Å². The summed E-state index contributed by atoms with van der Waals surface area (Å²) in [5.41, 5.74) is 0. The molecular formula is C44H85O10P. The Bertz CT molecular complexity index is 930. The maximum atomic E-state index is 12.6. The molecule has 3 N–H and O–H groups in total. The van der Waals surface area contributed by atoms with E-state index in [9.17, 15) is 24.2 Å². The first-order valence-electron chi connectivity index (χ1n) is 22.6. The number of aliphatic hydroxyl groups is 2. The summed E-state index contributed by atoms with van der Waals surface area (Å²) in [5.74, 6) is -0.923. The fourth-order valence-corrected chi connectivity index (χ4v) is 7.19. The summed E-state index contributed by atoms with van der Waals surface area (Å²) >= 11 is 0. The van der Waals surface area contributed by atoms with Crippen LogP contribution in [0.1, 0.15) is 219 Å². The van der Waals surface area contributed by atoms with Crippen molar-refractivity contribution in [2.24, 2.45) is 0 Å². The summed E-state index contributed by atoms with van der Waals surface area (Å²) < 4.78 is 32.7. The van der Waals surface area contributed by atoms with Gasteiger partial charge >= 0.3 is 19.8 Å². The molecule has 0 spiro atoms. The molecule has 0 aromatic heterocycles. The van der Waals surface area contributed by atoms with Crippen LogP contribution in [0.4, 0.5) is 0 Å². The van der Waals surface area contributed by atoms with Crippen LogP contribution in [0.2, 0.25) is 0 Å². The van der Waals surface area contributed by atoms with Gasteiger partial charge in [-0.25, -0.2) is 4.57 Å². The van der Waals surface area contributed by atoms with E-state index in [4.69, 9.17) is 23.6 Å². The number of phosphoric ester groups is 1. The zero-order valence-corrected chi connectivity index (χ0v) is 36.3. The Morgan fingerprint density at radius 2 is 0.891 bits per heavy atom. The molecule has 0 saturated heterocycles. The molecule has 0 aromatic rings. The maximum Gasteiger partial charge on any atom is 0.472 e. The van der Waals surface area contributed by atoms with Crippen molar-refractivity contribution in [2.75, 3.05) is 26.4 Å². The third-order valence-electron chi connectivity index (χ3n) is 9.92. The number of hydrogen-bond acceptors (Lipinski definition) is 9. The number of carbonyl (C=O) groups is 2. The standard InChI is InChI=1S/C44H85O10P/c1-3-5-7-9-11-13-15-17-19-20-21-22-24-25-27-29-31-33-35-43(47)51-39-42(40-53-55(49,50)52-38-41(46)37-45)54-44(48)36-34-32-30-28-26-23-18-16-14-12-10-8-6-4-2/h16,18,41-42,45-46H,3-15,17,19-40H2,1-2H3,(H,49,50)/b18-16-/t41-,42+/m0/s1. The summed E-state index contributed by atoms with van der Waals surface area (Å²) in [6.07, 6.45) is 38.9. The summed E-state index contributed by atoms with van der Waals surface area (Å²) in [5, 5.41) is 18.3. The van der Waals surface area contributed by atoms with Crippen LogP contribution >= 0.6 is 7.82 Å². The van der Waals surface area contributed by atoms with Gasteiger partial charge in [0.25, 0.3) is 0 Å². The Kier molecular flexibility index (Phi) is 39.9. The van der Waals surface area contributed by atoms with E-state index in [-0.39, 0.29) is 19.4 Å². The smallest absolute Gasteiger partial charge is 0.462 e. The number of unbranched alkanes of at least 4 members (excludes halogenated alkanes) is 27. The summed E-state index contributed by atoms with van der Waals surface area (Å²) in [7, 11) is -4.61. The molecule has 0 amide bonds. The monoisotopic (exact) mass is 805 g/mol. The second-order valence-electron chi connectivity index (χ2n) is 15.4. The van der Waals surface area contributed by atoms with Crippen molar-refractivity contribution in [3.05, 3.63) is 12.2 Å². The predicted octanol–water partition coefficient (Wildman–Crippen LogP) is 12.0. The minimum Gasteiger partial charge on any atom is -0.462 e. The lowest BCUT2D eigenvalue weighted by Gasteiger charge is -2.20. The van der Waals surface area contributed by atoms with Gasteiger partial charge in [-0.15, -0.1) is 0 Å². The average molecular weight is 805 g/mol. The second-order valence-corrected chi connectivity index (χ2v) is 16.9. The first kappa shape index (κ1) is 53.7. The van der Waals surface area contributed by atoms with E-state index in [0.29, 0.717) is 12.8 Å². The first-order chi connectivity index (χ1) is 26.7. The summed E-state index contributed by atoms with van der Waals surface area (Å²) in [6.45, 7) is 2.39. The van der Waals surface area contributed by atoms with Gasteiger partial charge in [-0.1, -0.05) is 180 Å². The van der Waals surface area contributed by atoms with Gasteiger partial charge < -0.3 is 24.6 Å². The quantitative estimate of drug-likeness (QED) is 0.0235. The molecule has 0 heterocycles. The van der Waals surface area contributed by atoms with Crippen LogP contribution in [-0.2, 0) is 32.7 Å². The van der Waals surface area contributed by atoms with Crippen LogP contribution in [-0.4, -0.2) is 65.7 Å². The number of ether oxygens (including phenoxy) is 2. The Balaban J connectivity index is 4.22. The number of carbonyl (C=O) groups excluding carboxylic acids is 2. The van der Waals surface area contributed by atoms with Crippen LogP contribution in [0.3, 0.4) is 0 Å². The molecule has 0 aliphatic rings. The first-order valence-corrected chi connectivity index (χ1v) is 24.1. The highest BCUT2D eigenvalue weighted by molar-refractivity contribution is 7.47. The lowest BCUT2D eigenvalue weighted by atomic mass is 10.0. The van der Waals surface area contributed by atoms with Gasteiger partial charge in [-0.3, -0.25) is 18.6 Å². The van der Waals surface area contributed by atoms with E-state index >= 15 is 0 Å². The molecule has 1 unspecified atom stereocenters. The minimum absolute atomic E-state index is 0.178. The van der Waals surface area contributed by atoms with E-state index in [2.05, 4.69) is 26.0 Å². The number of phosphoric acid groups is 1. The molecule has 0 aliphatic carbocycles. The highest BCUT2D eigenvalue weighted by atomic mass is 31.2. The Labute approximate surface area is 336 Å². The second kappa shape index (κ2) is 40.9. The Morgan fingerprint density at radius 1 is 0.527 bits per heavy atom. The number of hydrogen-bond donors (Lipinski definition) is 3. The number of allylic oxidation sites excluding steroid dienone is 2. The third-order valence-corrected chi connectivity index (χ3v) is 10.9. The molecule has 3 atom stereocenters. The number of esters is 2. The topological polar surface area (TPSA) is 149 Å². The van der Waals surface area contributed by atoms with E-state index in [0.717, 1.165) is 57.8 Å². The Morgan fingerprint density at radius 3 is 1.31 bits per heavy atom. The molecular weight excluding hydrogens is 719 g/mol. The minimum atomic E-state index is -4.61. The maximum absolute atomic E-state index is 12.6. The third kappa shape index (κ3) is 40.7. The molecule has 0 radical (unpaired) electrons. The van der Waals surface area contributed by atoms with Crippen molar-refractivity contribution < 1.29 is 47.8 Å². The molecule has 55 heavy (non-hydrogen) atoms. The van der Waals surface area contributed by atoms with Gasteiger partial charge in [-0.05, 0) is 38.5 Å². The lowest BCUT2D eigenvalue weighted by Crippen LogP contribution is -2.29. The van der Waals surface area contributed by atoms with Crippen molar-refractivity contribution in [3.63, 3.8) is 0 Å². The molecule has 0 aliphatic heterocycles. The normalized spacial score (nSPS) is 13.9. The van der Waals surface area contributed by atoms with Gasteiger partial charge in [0.1, 0.15) is 12.7 Å². The van der Waals surface area contributed by atoms with Gasteiger partial charge in [-0.2, -0.15) is 0 Å². The summed E-state index contributed by atoms with van der Waals surface area (Å²) in [6, 6.07) is 0. The van der Waals surface area contributed by atoms with Crippen LogP contribution in [0, 0.1) is 0 Å². The van der Waals surface area contributed by atoms with Crippen molar-refractivity contribution >= 4 is 19.8 Å². The predicted molar refractivity (Wildman–Crippen MR) is 224 cm³/mol. The van der Waals surface area contributed by atoms with Crippen molar-refractivity contribution in [1.82, 2.24) is 0 Å². The molecule has 0 fully saturated rings. The van der Waals surface area contributed by atoms with Crippen LogP contribution in [0.15, 0.2) is 12.2 Å². The van der Waals surface area contributed by atoms with Gasteiger partial charge in [0.15, 0.2) is 6.10 Å². The van der Waals surface area contributed by atoms with Crippen LogP contribution < -0.4 is 0 Å². The SMILES string of the molecule is CCCCCCC/C=C\CCCCCCCC(=O)O[C@H](COC(=O)CCCCCCCCCCCCCCCCCCCC)COP(=O)(O)OC[C@@H](O)CO. The fraction of sp³-hybridized carbons (Fsp3) is 0.909. The molecule has 0 aromatic carbocycles. The molecule has 10 nitrogen and oxygen atoms in total. The fourth-order valence-electron chi connectivity index (χ4n) is 6.40. The Hall–Kier alpha value is -1.29. The highest BCUT2D eigenvalue weighted by Crippen LogP contribution is 2.43. The zero-order chi connectivity index (χ0) is 40.5. The van der Waals surface area contributed by atoms with Crippen molar-refractivity contribution in [3.8, 4) is 0 Å². The lowest BCUT2D eigenvalue weighted by molar-refractivity contribution is -0.161. The number of rotatable bonds is 43. The highest BCUT2D eigenvalue weighted by Gasteiger charge is 2.27. The molecule has 11 heteroatoms. The van der Waals surface area contributed by atoms with E-state index in [1.807, 2.05) is 0 Å². The average Bonchev–Trinajstić information content (AvgIpc) is 3.17. The van der Waals surface area contributed by atoms with Gasteiger partial charge in [0, 0.05) is 12.8 Å². The van der Waals surface area contributed by atoms with E-state index in [1.54, 1.807) is 0 Å². The van der Waals surface area contributed by atoms with Crippen molar-refractivity contribution in [2.45, 2.75) is 232 Å². The molecule has 326 valence electrons. The van der Waals surface area contributed by atoms with Crippen molar-refractivity contribution in [1.29, 1.82) is 0 Å². The largest absolute Gasteiger partial charge is 0.472 e. The van der Waals surface area contributed by atoms with Gasteiger partial charge in [0.2, 0.25) is 0 Å². The van der Waals surface area contributed by atoms with Crippen LogP contribution in [0.25, 0.3) is 0 Å². The summed E-state index contributed by atoms with van der Waals surface area (Å²) in [4.78, 5) is 35.0. The molecule has 0 bridgehead atoms.